The van der Waals surface area contributed by atoms with Gasteiger partial charge < -0.3 is 16.4 Å². The molecule has 2 aromatic heterocycles. The first-order chi connectivity index (χ1) is 17.3. The molecule has 1 saturated heterocycles. The third kappa shape index (κ3) is 5.28. The fraction of sp³-hybridized carbons (Fsp3) is 0.385. The van der Waals surface area contributed by atoms with E-state index in [0.29, 0.717) is 22.5 Å². The summed E-state index contributed by atoms with van der Waals surface area (Å²) in [5.74, 6) is -0.920. The van der Waals surface area contributed by atoms with Gasteiger partial charge in [-0.1, -0.05) is 25.0 Å². The molecule has 8 nitrogen and oxygen atoms in total. The molecule has 0 radical (unpaired) electrons. The monoisotopic (exact) mass is 496 g/mol. The van der Waals surface area contributed by atoms with E-state index >= 15 is 0 Å². The van der Waals surface area contributed by atoms with Crippen LogP contribution in [0.5, 0.6) is 0 Å². The number of nitrogen functional groups attached to an aromatic ring is 1. The molecule has 1 amide bonds. The maximum absolute atomic E-state index is 13.9. The molecule has 190 valence electrons. The molecule has 1 fully saturated rings. The fourth-order valence-corrected chi connectivity index (χ4v) is 4.70. The molecule has 3 aromatic rings. The van der Waals surface area contributed by atoms with Crippen LogP contribution in [0.25, 0.3) is 5.69 Å². The van der Waals surface area contributed by atoms with E-state index in [-0.39, 0.29) is 23.0 Å². The summed E-state index contributed by atoms with van der Waals surface area (Å²) in [6, 6.07) is 4.94. The van der Waals surface area contributed by atoms with Crippen molar-refractivity contribution in [3.63, 3.8) is 0 Å². The molecule has 3 heterocycles. The van der Waals surface area contributed by atoms with E-state index in [1.807, 2.05) is 6.07 Å². The highest BCUT2D eigenvalue weighted by Gasteiger charge is 2.22. The number of pyridine rings is 1. The molecule has 2 atom stereocenters. The summed E-state index contributed by atoms with van der Waals surface area (Å²) in [7, 11) is 0. The van der Waals surface area contributed by atoms with Crippen molar-refractivity contribution in [2.75, 3.05) is 24.3 Å². The van der Waals surface area contributed by atoms with Gasteiger partial charge in [0.1, 0.15) is 24.4 Å². The fourth-order valence-electron chi connectivity index (χ4n) is 4.70. The van der Waals surface area contributed by atoms with Gasteiger partial charge in [0.2, 0.25) is 0 Å². The molecule has 0 spiro atoms. The third-order valence-electron chi connectivity index (χ3n) is 6.46. The Morgan fingerprint density at radius 2 is 1.97 bits per heavy atom. The maximum atomic E-state index is 13.9. The number of hydrogen-bond donors (Lipinski definition) is 3. The lowest BCUT2D eigenvalue weighted by atomic mass is 10.0. The van der Waals surface area contributed by atoms with Gasteiger partial charge in [0, 0.05) is 12.2 Å². The Morgan fingerprint density at radius 1 is 1.22 bits per heavy atom. The van der Waals surface area contributed by atoms with E-state index in [1.54, 1.807) is 20.0 Å². The van der Waals surface area contributed by atoms with Crippen molar-refractivity contribution in [2.24, 2.45) is 0 Å². The minimum absolute atomic E-state index is 0.146. The SMILES string of the molecule is Cc1cc([C@H](F)CF)cc(C)c1-n1cnc(N)c(C(=O)Nc2cncc([C@@H]3CCCCCN3)c2)c1=O. The number of rotatable bonds is 6. The van der Waals surface area contributed by atoms with E-state index in [1.165, 1.54) is 35.6 Å². The van der Waals surface area contributed by atoms with Crippen LogP contribution in [0.15, 0.2) is 41.7 Å². The van der Waals surface area contributed by atoms with Crippen LogP contribution in [-0.4, -0.2) is 33.7 Å². The predicted molar refractivity (Wildman–Crippen MR) is 135 cm³/mol. The summed E-state index contributed by atoms with van der Waals surface area (Å²) in [4.78, 5) is 34.8. The van der Waals surface area contributed by atoms with Crippen LogP contribution in [0.1, 0.15) is 70.5 Å². The molecule has 36 heavy (non-hydrogen) atoms. The Kier molecular flexibility index (Phi) is 7.73. The minimum Gasteiger partial charge on any atom is -0.383 e. The predicted octanol–water partition coefficient (Wildman–Crippen LogP) is 4.26. The van der Waals surface area contributed by atoms with Gasteiger partial charge in [0.15, 0.2) is 6.17 Å². The lowest BCUT2D eigenvalue weighted by Crippen LogP contribution is -2.31. The van der Waals surface area contributed by atoms with Gasteiger partial charge in [-0.2, -0.15) is 0 Å². The van der Waals surface area contributed by atoms with E-state index in [9.17, 15) is 18.4 Å². The lowest BCUT2D eigenvalue weighted by molar-refractivity contribution is 0.102. The minimum atomic E-state index is -1.75. The Balaban J connectivity index is 1.65. The van der Waals surface area contributed by atoms with Crippen LogP contribution in [0.3, 0.4) is 0 Å². The van der Waals surface area contributed by atoms with Crippen molar-refractivity contribution in [1.82, 2.24) is 19.9 Å². The van der Waals surface area contributed by atoms with Crippen LogP contribution in [0, 0.1) is 13.8 Å². The summed E-state index contributed by atoms with van der Waals surface area (Å²) in [6.07, 6.45) is 7.14. The van der Waals surface area contributed by atoms with Gasteiger partial charge >= 0.3 is 0 Å². The number of aryl methyl sites for hydroxylation is 2. The zero-order valence-electron chi connectivity index (χ0n) is 20.4. The van der Waals surface area contributed by atoms with Crippen LogP contribution >= 0.6 is 0 Å². The Labute approximate surface area is 208 Å². The highest BCUT2D eigenvalue weighted by molar-refractivity contribution is 6.06. The number of aromatic nitrogens is 3. The van der Waals surface area contributed by atoms with Crippen molar-refractivity contribution in [2.45, 2.75) is 51.7 Å². The highest BCUT2D eigenvalue weighted by Crippen LogP contribution is 2.27. The number of amides is 1. The van der Waals surface area contributed by atoms with E-state index in [4.69, 9.17) is 5.73 Å². The zero-order chi connectivity index (χ0) is 25.8. The number of hydrogen-bond acceptors (Lipinski definition) is 6. The normalized spacial score (nSPS) is 16.8. The second-order valence-corrected chi connectivity index (χ2v) is 9.12. The molecule has 1 aliphatic heterocycles. The summed E-state index contributed by atoms with van der Waals surface area (Å²) < 4.78 is 27.9. The standard InChI is InChI=1S/C26H30F2N6O2/c1-15-8-17(20(28)11-27)9-16(2)23(15)34-14-32-24(29)22(26(34)36)25(35)33-19-10-18(12-30-13-19)21-6-4-3-5-7-31-21/h8-10,12-14,20-21,31H,3-7,11,29H2,1-2H3,(H,33,35)/t20-,21+/m1/s1. The smallest absolute Gasteiger partial charge is 0.272 e. The van der Waals surface area contributed by atoms with Crippen LogP contribution in [0.2, 0.25) is 0 Å². The lowest BCUT2D eigenvalue weighted by Gasteiger charge is -2.17. The van der Waals surface area contributed by atoms with Crippen molar-refractivity contribution in [3.05, 3.63) is 75.1 Å². The molecule has 4 N–H and O–H groups in total. The number of alkyl halides is 2. The van der Waals surface area contributed by atoms with Crippen LogP contribution in [-0.2, 0) is 0 Å². The van der Waals surface area contributed by atoms with E-state index in [0.717, 1.165) is 31.4 Å². The van der Waals surface area contributed by atoms with Crippen molar-refractivity contribution >= 4 is 17.4 Å². The summed E-state index contributed by atoms with van der Waals surface area (Å²) >= 11 is 0. The van der Waals surface area contributed by atoms with Gasteiger partial charge in [0.05, 0.1) is 17.6 Å². The summed E-state index contributed by atoms with van der Waals surface area (Å²) in [6.45, 7) is 3.14. The summed E-state index contributed by atoms with van der Waals surface area (Å²) in [5.41, 5.74) is 8.04. The molecule has 0 unspecified atom stereocenters. The molecule has 1 aromatic carbocycles. The first-order valence-electron chi connectivity index (χ1n) is 12.0. The number of anilines is 2. The molecular formula is C26H30F2N6O2. The highest BCUT2D eigenvalue weighted by atomic mass is 19.2. The second kappa shape index (κ2) is 10.9. The van der Waals surface area contributed by atoms with Crippen LogP contribution < -0.4 is 21.9 Å². The average Bonchev–Trinajstić information content (AvgIpc) is 3.14. The zero-order valence-corrected chi connectivity index (χ0v) is 20.4. The van der Waals surface area contributed by atoms with E-state index in [2.05, 4.69) is 20.6 Å². The quantitative estimate of drug-likeness (QED) is 0.470. The molecule has 4 rings (SSSR count). The topological polar surface area (TPSA) is 115 Å². The third-order valence-corrected chi connectivity index (χ3v) is 6.46. The van der Waals surface area contributed by atoms with Crippen LogP contribution in [0.4, 0.5) is 20.3 Å². The molecule has 1 aliphatic rings. The average molecular weight is 497 g/mol. The van der Waals surface area contributed by atoms with Gasteiger partial charge in [-0.15, -0.1) is 0 Å². The molecule has 0 aliphatic carbocycles. The van der Waals surface area contributed by atoms with Gasteiger partial charge in [0.25, 0.3) is 11.5 Å². The Hall–Kier alpha value is -3.66. The van der Waals surface area contributed by atoms with Crippen molar-refractivity contribution < 1.29 is 13.6 Å². The molecule has 10 heteroatoms. The number of nitrogens with one attached hydrogen (secondary N) is 2. The molecular weight excluding hydrogens is 466 g/mol. The number of carbonyl (C=O) groups is 1. The van der Waals surface area contributed by atoms with Crippen molar-refractivity contribution in [1.29, 1.82) is 0 Å². The Morgan fingerprint density at radius 3 is 2.69 bits per heavy atom. The van der Waals surface area contributed by atoms with Gasteiger partial charge in [-0.25, -0.2) is 13.8 Å². The Bertz CT molecular complexity index is 1300. The second-order valence-electron chi connectivity index (χ2n) is 9.12. The van der Waals surface area contributed by atoms with Crippen molar-refractivity contribution in [3.8, 4) is 5.69 Å². The summed E-state index contributed by atoms with van der Waals surface area (Å²) in [5, 5.41) is 6.22. The molecule has 0 bridgehead atoms. The number of nitrogens with two attached hydrogens (primary N) is 1. The van der Waals surface area contributed by atoms with E-state index < -0.39 is 24.3 Å². The van der Waals surface area contributed by atoms with Gasteiger partial charge in [-0.3, -0.25) is 19.1 Å². The first kappa shape index (κ1) is 25.4. The van der Waals surface area contributed by atoms with Gasteiger partial charge in [-0.05, 0) is 61.6 Å². The number of nitrogens with zero attached hydrogens (tertiary/aromatic N) is 3. The first-order valence-corrected chi connectivity index (χ1v) is 12.0. The number of carbonyl (C=O) groups excluding carboxylic acids is 1. The largest absolute Gasteiger partial charge is 0.383 e. The number of halogens is 2. The maximum Gasteiger partial charge on any atom is 0.272 e. The number of benzene rings is 1. The molecule has 0 saturated carbocycles.